The molecule has 0 aliphatic carbocycles. The summed E-state index contributed by atoms with van der Waals surface area (Å²) in [7, 11) is 1.66. The van der Waals surface area contributed by atoms with Crippen molar-refractivity contribution in [1.29, 1.82) is 0 Å². The summed E-state index contributed by atoms with van der Waals surface area (Å²) in [4.78, 5) is 11.2. The molecule has 88 valence electrons. The summed E-state index contributed by atoms with van der Waals surface area (Å²) in [6, 6.07) is 8.31. The van der Waals surface area contributed by atoms with Crippen LogP contribution < -0.4 is 5.32 Å². The summed E-state index contributed by atoms with van der Waals surface area (Å²) in [5, 5.41) is 2.63. The third kappa shape index (κ3) is 4.47. The minimum absolute atomic E-state index is 0.0589. The lowest BCUT2D eigenvalue weighted by Gasteiger charge is -2.18. The molecule has 0 atom stereocenters. The van der Waals surface area contributed by atoms with E-state index in [4.69, 9.17) is 0 Å². The fourth-order valence-electron chi connectivity index (χ4n) is 1.66. The van der Waals surface area contributed by atoms with Crippen LogP contribution in [0.2, 0.25) is 0 Å². The first-order valence-electron chi connectivity index (χ1n) is 5.69. The van der Waals surface area contributed by atoms with E-state index < -0.39 is 0 Å². The van der Waals surface area contributed by atoms with Gasteiger partial charge in [0.15, 0.2) is 0 Å². The summed E-state index contributed by atoms with van der Waals surface area (Å²) >= 11 is 0. The van der Waals surface area contributed by atoms with Gasteiger partial charge in [-0.15, -0.1) is 0 Å². The Labute approximate surface area is 98.1 Å². The zero-order valence-corrected chi connectivity index (χ0v) is 10.6. The van der Waals surface area contributed by atoms with Gasteiger partial charge in [0.2, 0.25) is 5.91 Å². The van der Waals surface area contributed by atoms with Crippen LogP contribution in [0.25, 0.3) is 0 Å². The Balaban J connectivity index is 2.64. The molecule has 16 heavy (non-hydrogen) atoms. The van der Waals surface area contributed by atoms with Gasteiger partial charge in [0, 0.05) is 7.05 Å². The molecule has 0 saturated carbocycles. The predicted octanol–water partition coefficient (Wildman–Crippen LogP) is 2.56. The maximum Gasteiger partial charge on any atom is 0.224 e. The van der Waals surface area contributed by atoms with Crippen LogP contribution in [0.15, 0.2) is 24.3 Å². The van der Waals surface area contributed by atoms with Gasteiger partial charge in [-0.1, -0.05) is 45.0 Å². The molecule has 1 aromatic carbocycles. The first-order chi connectivity index (χ1) is 7.40. The van der Waals surface area contributed by atoms with Crippen LogP contribution in [-0.2, 0) is 17.6 Å². The molecule has 1 aromatic rings. The summed E-state index contributed by atoms with van der Waals surface area (Å²) in [6.07, 6.45) is 1.53. The first kappa shape index (κ1) is 12.8. The van der Waals surface area contributed by atoms with E-state index in [2.05, 4.69) is 38.2 Å². The minimum atomic E-state index is 0.0589. The second-order valence-electron chi connectivity index (χ2n) is 5.40. The molecule has 0 aliphatic heterocycles. The van der Waals surface area contributed by atoms with E-state index in [0.717, 1.165) is 12.0 Å². The topological polar surface area (TPSA) is 29.1 Å². The van der Waals surface area contributed by atoms with Crippen molar-refractivity contribution in [2.24, 2.45) is 5.41 Å². The molecule has 2 heteroatoms. The molecule has 0 unspecified atom stereocenters. The number of benzene rings is 1. The van der Waals surface area contributed by atoms with Gasteiger partial charge < -0.3 is 5.32 Å². The van der Waals surface area contributed by atoms with Crippen molar-refractivity contribution in [1.82, 2.24) is 5.32 Å². The SMILES string of the molecule is CNC(=O)Cc1ccc(CC(C)(C)C)cc1. The Kier molecular flexibility index (Phi) is 4.11. The van der Waals surface area contributed by atoms with Crippen LogP contribution in [0.5, 0.6) is 0 Å². The van der Waals surface area contributed by atoms with Crippen molar-refractivity contribution in [2.75, 3.05) is 7.05 Å². The Bertz CT molecular complexity index is 346. The van der Waals surface area contributed by atoms with E-state index in [0.29, 0.717) is 11.8 Å². The molecule has 0 saturated heterocycles. The highest BCUT2D eigenvalue weighted by Crippen LogP contribution is 2.20. The number of amides is 1. The van der Waals surface area contributed by atoms with Gasteiger partial charge in [-0.2, -0.15) is 0 Å². The Morgan fingerprint density at radius 2 is 1.62 bits per heavy atom. The predicted molar refractivity (Wildman–Crippen MR) is 67.4 cm³/mol. The lowest BCUT2D eigenvalue weighted by Crippen LogP contribution is -2.19. The Morgan fingerprint density at radius 1 is 1.12 bits per heavy atom. The monoisotopic (exact) mass is 219 g/mol. The van der Waals surface area contributed by atoms with Crippen LogP contribution in [-0.4, -0.2) is 13.0 Å². The summed E-state index contributed by atoms with van der Waals surface area (Å²) in [6.45, 7) is 6.68. The van der Waals surface area contributed by atoms with Crippen molar-refractivity contribution in [2.45, 2.75) is 33.6 Å². The van der Waals surface area contributed by atoms with Gasteiger partial charge in [0.05, 0.1) is 6.42 Å². The summed E-state index contributed by atoms with van der Waals surface area (Å²) < 4.78 is 0. The second kappa shape index (κ2) is 5.15. The third-order valence-corrected chi connectivity index (χ3v) is 2.40. The number of likely N-dealkylation sites (N-methyl/N-ethyl adjacent to an activating group) is 1. The van der Waals surface area contributed by atoms with Crippen LogP contribution in [0.4, 0.5) is 0 Å². The first-order valence-corrected chi connectivity index (χ1v) is 5.69. The van der Waals surface area contributed by atoms with Crippen molar-refractivity contribution >= 4 is 5.91 Å². The van der Waals surface area contributed by atoms with Crippen LogP contribution in [0, 0.1) is 5.41 Å². The molecule has 1 amide bonds. The molecular weight excluding hydrogens is 198 g/mol. The van der Waals surface area contributed by atoms with Crippen LogP contribution in [0.1, 0.15) is 31.9 Å². The molecule has 0 aliphatic rings. The van der Waals surface area contributed by atoms with Crippen molar-refractivity contribution in [3.8, 4) is 0 Å². The number of carbonyl (C=O) groups excluding carboxylic acids is 1. The molecule has 1 N–H and O–H groups in total. The van der Waals surface area contributed by atoms with Gasteiger partial charge in [-0.25, -0.2) is 0 Å². The van der Waals surface area contributed by atoms with Gasteiger partial charge >= 0.3 is 0 Å². The van der Waals surface area contributed by atoms with E-state index in [1.165, 1.54) is 5.56 Å². The molecular formula is C14H21NO. The van der Waals surface area contributed by atoms with E-state index in [1.54, 1.807) is 7.05 Å². The smallest absolute Gasteiger partial charge is 0.224 e. The third-order valence-electron chi connectivity index (χ3n) is 2.40. The molecule has 0 bridgehead atoms. The highest BCUT2D eigenvalue weighted by Gasteiger charge is 2.11. The minimum Gasteiger partial charge on any atom is -0.359 e. The van der Waals surface area contributed by atoms with Crippen molar-refractivity contribution in [3.05, 3.63) is 35.4 Å². The maximum absolute atomic E-state index is 11.2. The average Bonchev–Trinajstić information content (AvgIpc) is 2.18. The van der Waals surface area contributed by atoms with Crippen molar-refractivity contribution < 1.29 is 4.79 Å². The Hall–Kier alpha value is -1.31. The van der Waals surface area contributed by atoms with Crippen molar-refractivity contribution in [3.63, 3.8) is 0 Å². The van der Waals surface area contributed by atoms with Gasteiger partial charge in [-0.3, -0.25) is 4.79 Å². The van der Waals surface area contributed by atoms with E-state index in [1.807, 2.05) is 12.1 Å². The maximum atomic E-state index is 11.2. The number of carbonyl (C=O) groups is 1. The molecule has 0 spiro atoms. The Morgan fingerprint density at radius 3 is 2.06 bits per heavy atom. The molecule has 2 nitrogen and oxygen atoms in total. The zero-order valence-electron chi connectivity index (χ0n) is 10.6. The quantitative estimate of drug-likeness (QED) is 0.831. The second-order valence-corrected chi connectivity index (χ2v) is 5.40. The average molecular weight is 219 g/mol. The number of hydrogen-bond acceptors (Lipinski definition) is 1. The molecule has 0 heterocycles. The molecule has 0 radical (unpaired) electrons. The van der Waals surface area contributed by atoms with Gasteiger partial charge in [0.1, 0.15) is 0 Å². The van der Waals surface area contributed by atoms with Crippen LogP contribution >= 0.6 is 0 Å². The van der Waals surface area contributed by atoms with E-state index >= 15 is 0 Å². The lowest BCUT2D eigenvalue weighted by atomic mass is 9.88. The van der Waals surface area contributed by atoms with Gasteiger partial charge in [-0.05, 0) is 23.0 Å². The van der Waals surface area contributed by atoms with E-state index in [-0.39, 0.29) is 5.91 Å². The highest BCUT2D eigenvalue weighted by atomic mass is 16.1. The highest BCUT2D eigenvalue weighted by molar-refractivity contribution is 5.78. The lowest BCUT2D eigenvalue weighted by molar-refractivity contribution is -0.119. The van der Waals surface area contributed by atoms with Crippen LogP contribution in [0.3, 0.4) is 0 Å². The summed E-state index contributed by atoms with van der Waals surface area (Å²) in [5.74, 6) is 0.0589. The fourth-order valence-corrected chi connectivity index (χ4v) is 1.66. The van der Waals surface area contributed by atoms with E-state index in [9.17, 15) is 4.79 Å². The zero-order chi connectivity index (χ0) is 12.2. The normalized spacial score (nSPS) is 11.2. The fraction of sp³-hybridized carbons (Fsp3) is 0.500. The molecule has 0 fully saturated rings. The number of nitrogens with one attached hydrogen (secondary N) is 1. The standard InChI is InChI=1S/C14H21NO/c1-14(2,3)10-12-7-5-11(6-8-12)9-13(16)15-4/h5-8H,9-10H2,1-4H3,(H,15,16). The number of hydrogen-bond donors (Lipinski definition) is 1. The number of rotatable bonds is 3. The van der Waals surface area contributed by atoms with Gasteiger partial charge in [0.25, 0.3) is 0 Å². The largest absolute Gasteiger partial charge is 0.359 e. The molecule has 0 aromatic heterocycles. The summed E-state index contributed by atoms with van der Waals surface area (Å²) in [5.41, 5.74) is 2.70. The molecule has 1 rings (SSSR count).